The molecule has 0 bridgehead atoms. The summed E-state index contributed by atoms with van der Waals surface area (Å²) in [7, 11) is 1.55. The molecule has 2 aliphatic rings. The summed E-state index contributed by atoms with van der Waals surface area (Å²) >= 11 is 0. The molecule has 0 radical (unpaired) electrons. The van der Waals surface area contributed by atoms with Crippen LogP contribution in [-0.4, -0.2) is 47.4 Å². The molecule has 1 aromatic heterocycles. The second kappa shape index (κ2) is 8.23. The molecule has 152 valence electrons. The summed E-state index contributed by atoms with van der Waals surface area (Å²) in [5.74, 6) is 1.14. The molecule has 4 rings (SSSR count). The Labute approximate surface area is 171 Å². The van der Waals surface area contributed by atoms with Crippen LogP contribution in [0.15, 0.2) is 48.7 Å². The zero-order valence-electron chi connectivity index (χ0n) is 16.8. The topological polar surface area (TPSA) is 71.5 Å². The normalized spacial score (nSPS) is 18.2. The highest BCUT2D eigenvalue weighted by atomic mass is 16.5. The van der Waals surface area contributed by atoms with Crippen molar-refractivity contribution in [3.63, 3.8) is 0 Å². The average Bonchev–Trinajstić information content (AvgIpc) is 3.58. The molecular formula is C23H27N3O3. The van der Waals surface area contributed by atoms with Crippen molar-refractivity contribution in [3.05, 3.63) is 59.8 Å². The van der Waals surface area contributed by atoms with Crippen molar-refractivity contribution < 1.29 is 14.3 Å². The average molecular weight is 393 g/mol. The molecule has 6 heteroatoms. The van der Waals surface area contributed by atoms with Crippen LogP contribution >= 0.6 is 0 Å². The third-order valence-electron chi connectivity index (χ3n) is 5.99. The summed E-state index contributed by atoms with van der Waals surface area (Å²) in [5, 5.41) is 3.33. The molecule has 29 heavy (non-hydrogen) atoms. The Kier molecular flexibility index (Phi) is 5.51. The summed E-state index contributed by atoms with van der Waals surface area (Å²) in [5.41, 5.74) is 1.02. The van der Waals surface area contributed by atoms with Gasteiger partial charge in [-0.3, -0.25) is 9.59 Å². The van der Waals surface area contributed by atoms with Crippen molar-refractivity contribution in [3.8, 4) is 5.88 Å². The van der Waals surface area contributed by atoms with Crippen LogP contribution in [0.5, 0.6) is 5.88 Å². The molecule has 2 heterocycles. The number of hydrogen-bond donors (Lipinski definition) is 1. The van der Waals surface area contributed by atoms with E-state index in [1.165, 1.54) is 12.8 Å². The first-order valence-corrected chi connectivity index (χ1v) is 10.3. The summed E-state index contributed by atoms with van der Waals surface area (Å²) in [4.78, 5) is 31.7. The van der Waals surface area contributed by atoms with Crippen LogP contribution in [0, 0.1) is 5.92 Å². The van der Waals surface area contributed by atoms with Crippen molar-refractivity contribution in [2.24, 2.45) is 5.92 Å². The lowest BCUT2D eigenvalue weighted by Gasteiger charge is -2.42. The number of amides is 2. The van der Waals surface area contributed by atoms with Crippen molar-refractivity contribution >= 4 is 11.8 Å². The fourth-order valence-electron chi connectivity index (χ4n) is 4.11. The monoisotopic (exact) mass is 393 g/mol. The highest BCUT2D eigenvalue weighted by molar-refractivity contribution is 5.95. The summed E-state index contributed by atoms with van der Waals surface area (Å²) in [6.07, 6.45) is 6.59. The van der Waals surface area contributed by atoms with Gasteiger partial charge in [0.15, 0.2) is 0 Å². The SMILES string of the molecule is COc1ccc(C(=O)N2CCC(CC3CC3)(NC(=O)c3ccccc3)CC2)cn1. The largest absolute Gasteiger partial charge is 0.481 e. The number of rotatable bonds is 6. The maximum Gasteiger partial charge on any atom is 0.255 e. The summed E-state index contributed by atoms with van der Waals surface area (Å²) in [6, 6.07) is 12.8. The van der Waals surface area contributed by atoms with E-state index in [9.17, 15) is 9.59 Å². The number of hydrogen-bond acceptors (Lipinski definition) is 4. The number of aromatic nitrogens is 1. The molecule has 2 fully saturated rings. The molecule has 1 N–H and O–H groups in total. The van der Waals surface area contributed by atoms with E-state index in [1.807, 2.05) is 35.2 Å². The highest BCUT2D eigenvalue weighted by Gasteiger charge is 2.41. The number of carbonyl (C=O) groups is 2. The van der Waals surface area contributed by atoms with Crippen LogP contribution in [0.3, 0.4) is 0 Å². The molecule has 1 aliphatic carbocycles. The third kappa shape index (κ3) is 4.58. The van der Waals surface area contributed by atoms with Gasteiger partial charge in [0.05, 0.1) is 12.7 Å². The first kappa shape index (κ1) is 19.4. The third-order valence-corrected chi connectivity index (χ3v) is 5.99. The number of piperidine rings is 1. The fraction of sp³-hybridized carbons (Fsp3) is 0.435. The first-order valence-electron chi connectivity index (χ1n) is 10.3. The van der Waals surface area contributed by atoms with E-state index in [4.69, 9.17) is 4.74 Å². The van der Waals surface area contributed by atoms with Crippen LogP contribution in [-0.2, 0) is 0 Å². The predicted molar refractivity (Wildman–Crippen MR) is 110 cm³/mol. The molecule has 0 atom stereocenters. The smallest absolute Gasteiger partial charge is 0.255 e. The number of nitrogens with one attached hydrogen (secondary N) is 1. The van der Waals surface area contributed by atoms with Crippen LogP contribution < -0.4 is 10.1 Å². The number of likely N-dealkylation sites (tertiary alicyclic amines) is 1. The van der Waals surface area contributed by atoms with Crippen LogP contribution in [0.2, 0.25) is 0 Å². The summed E-state index contributed by atoms with van der Waals surface area (Å²) in [6.45, 7) is 1.26. The maximum atomic E-state index is 12.8. The van der Waals surface area contributed by atoms with Gasteiger partial charge in [-0.2, -0.15) is 0 Å². The van der Waals surface area contributed by atoms with E-state index in [-0.39, 0.29) is 17.4 Å². The molecule has 1 aliphatic heterocycles. The molecule has 2 aromatic rings. The predicted octanol–water partition coefficient (Wildman–Crippen LogP) is 3.30. The van der Waals surface area contributed by atoms with Crippen molar-refractivity contribution in [2.75, 3.05) is 20.2 Å². The van der Waals surface area contributed by atoms with E-state index < -0.39 is 0 Å². The van der Waals surface area contributed by atoms with Gasteiger partial charge in [0, 0.05) is 36.5 Å². The Morgan fingerprint density at radius 3 is 2.41 bits per heavy atom. The van der Waals surface area contributed by atoms with E-state index in [0.717, 1.165) is 19.3 Å². The van der Waals surface area contributed by atoms with Gasteiger partial charge in [0.25, 0.3) is 11.8 Å². The minimum absolute atomic E-state index is 0.0189. The Morgan fingerprint density at radius 2 is 1.83 bits per heavy atom. The molecule has 0 unspecified atom stereocenters. The maximum absolute atomic E-state index is 12.8. The first-order chi connectivity index (χ1) is 14.1. The Balaban J connectivity index is 1.43. The molecule has 2 amide bonds. The van der Waals surface area contributed by atoms with Crippen LogP contribution in [0.25, 0.3) is 0 Å². The van der Waals surface area contributed by atoms with Gasteiger partial charge in [-0.05, 0) is 43.4 Å². The second-order valence-electron chi connectivity index (χ2n) is 8.13. The number of benzene rings is 1. The minimum Gasteiger partial charge on any atom is -0.481 e. The van der Waals surface area contributed by atoms with Crippen LogP contribution in [0.4, 0.5) is 0 Å². The molecule has 1 saturated carbocycles. The zero-order chi connectivity index (χ0) is 20.3. The van der Waals surface area contributed by atoms with Crippen molar-refractivity contribution in [2.45, 2.75) is 37.6 Å². The Hall–Kier alpha value is -2.89. The van der Waals surface area contributed by atoms with Crippen molar-refractivity contribution in [1.29, 1.82) is 0 Å². The molecule has 1 saturated heterocycles. The van der Waals surface area contributed by atoms with E-state index in [1.54, 1.807) is 25.4 Å². The van der Waals surface area contributed by atoms with Gasteiger partial charge in [-0.1, -0.05) is 31.0 Å². The standard InChI is InChI=1S/C23H27N3O3/c1-29-20-10-9-19(16-24-20)22(28)26-13-11-23(12-14-26,15-17-7-8-17)25-21(27)18-5-3-2-4-6-18/h2-6,9-10,16-17H,7-8,11-15H2,1H3,(H,25,27). The highest BCUT2D eigenvalue weighted by Crippen LogP contribution is 2.41. The summed E-state index contributed by atoms with van der Waals surface area (Å²) < 4.78 is 5.06. The Bertz CT molecular complexity index is 855. The minimum atomic E-state index is -0.233. The van der Waals surface area contributed by atoms with Gasteiger partial charge < -0.3 is 15.0 Å². The quantitative estimate of drug-likeness (QED) is 0.817. The molecular weight excluding hydrogens is 366 g/mol. The Morgan fingerprint density at radius 1 is 1.10 bits per heavy atom. The van der Waals surface area contributed by atoms with Gasteiger partial charge in [-0.15, -0.1) is 0 Å². The number of carbonyl (C=O) groups excluding carboxylic acids is 2. The molecule has 0 spiro atoms. The van der Waals surface area contributed by atoms with Gasteiger partial charge in [-0.25, -0.2) is 4.98 Å². The lowest BCUT2D eigenvalue weighted by atomic mass is 9.82. The number of nitrogens with zero attached hydrogens (tertiary/aromatic N) is 2. The zero-order valence-corrected chi connectivity index (χ0v) is 16.8. The van der Waals surface area contributed by atoms with Gasteiger partial charge in [0.1, 0.15) is 0 Å². The van der Waals surface area contributed by atoms with Crippen LogP contribution in [0.1, 0.15) is 52.8 Å². The van der Waals surface area contributed by atoms with E-state index in [0.29, 0.717) is 36.0 Å². The number of methoxy groups -OCH3 is 1. The molecule has 6 nitrogen and oxygen atoms in total. The lowest BCUT2D eigenvalue weighted by molar-refractivity contribution is 0.0600. The number of pyridine rings is 1. The van der Waals surface area contributed by atoms with E-state index >= 15 is 0 Å². The second-order valence-corrected chi connectivity index (χ2v) is 8.13. The lowest BCUT2D eigenvalue weighted by Crippen LogP contribution is -2.56. The fourth-order valence-corrected chi connectivity index (χ4v) is 4.11. The molecule has 1 aromatic carbocycles. The van der Waals surface area contributed by atoms with Gasteiger partial charge >= 0.3 is 0 Å². The van der Waals surface area contributed by atoms with E-state index in [2.05, 4.69) is 10.3 Å². The van der Waals surface area contributed by atoms with Gasteiger partial charge in [0.2, 0.25) is 5.88 Å². The number of ether oxygens (including phenoxy) is 1. The van der Waals surface area contributed by atoms with Crippen molar-refractivity contribution in [1.82, 2.24) is 15.2 Å².